The molecule has 0 spiro atoms. The second-order valence-electron chi connectivity index (χ2n) is 3.05. The molecule has 0 unspecified atom stereocenters. The molecule has 0 N–H and O–H groups in total. The standard InChI is InChI=1S/C9H9BrN4O3/c1-2-16-8(15)5-14-12-9(11-13-14)6-3-4-7(10)17-6/h3-4H,2,5H2,1H3. The van der Waals surface area contributed by atoms with Gasteiger partial charge in [0.1, 0.15) is 0 Å². The van der Waals surface area contributed by atoms with Crippen LogP contribution in [0.1, 0.15) is 6.92 Å². The maximum Gasteiger partial charge on any atom is 0.329 e. The summed E-state index contributed by atoms with van der Waals surface area (Å²) in [4.78, 5) is 12.3. The van der Waals surface area contributed by atoms with Crippen molar-refractivity contribution in [3.05, 3.63) is 16.8 Å². The van der Waals surface area contributed by atoms with Gasteiger partial charge in [0, 0.05) is 0 Å². The van der Waals surface area contributed by atoms with E-state index in [2.05, 4.69) is 31.3 Å². The van der Waals surface area contributed by atoms with Crippen LogP contribution in [0.15, 0.2) is 21.2 Å². The van der Waals surface area contributed by atoms with Gasteiger partial charge in [0.15, 0.2) is 17.0 Å². The number of tetrazole rings is 1. The Balaban J connectivity index is 2.08. The number of furan rings is 1. The second-order valence-corrected chi connectivity index (χ2v) is 3.83. The first-order valence-electron chi connectivity index (χ1n) is 4.88. The summed E-state index contributed by atoms with van der Waals surface area (Å²) in [5.74, 6) is 0.393. The summed E-state index contributed by atoms with van der Waals surface area (Å²) in [5, 5.41) is 11.5. The number of nitrogens with zero attached hydrogens (tertiary/aromatic N) is 4. The molecule has 90 valence electrons. The summed E-state index contributed by atoms with van der Waals surface area (Å²) in [6.07, 6.45) is 0. The van der Waals surface area contributed by atoms with E-state index in [0.29, 0.717) is 22.9 Å². The molecular weight excluding hydrogens is 292 g/mol. The first kappa shape index (κ1) is 11.8. The molecule has 0 atom stereocenters. The maximum atomic E-state index is 11.2. The minimum Gasteiger partial charge on any atom is -0.465 e. The van der Waals surface area contributed by atoms with Crippen LogP contribution in [0, 0.1) is 0 Å². The normalized spacial score (nSPS) is 10.5. The highest BCUT2D eigenvalue weighted by molar-refractivity contribution is 9.10. The van der Waals surface area contributed by atoms with Gasteiger partial charge < -0.3 is 9.15 Å². The number of hydrogen-bond donors (Lipinski definition) is 0. The number of halogens is 1. The predicted molar refractivity (Wildman–Crippen MR) is 59.9 cm³/mol. The van der Waals surface area contributed by atoms with Gasteiger partial charge in [0.25, 0.3) is 0 Å². The Morgan fingerprint density at radius 3 is 3.06 bits per heavy atom. The van der Waals surface area contributed by atoms with E-state index in [9.17, 15) is 4.79 Å². The van der Waals surface area contributed by atoms with Gasteiger partial charge in [-0.1, -0.05) is 0 Å². The number of carbonyl (C=O) groups is 1. The Morgan fingerprint density at radius 1 is 1.59 bits per heavy atom. The van der Waals surface area contributed by atoms with Crippen molar-refractivity contribution in [1.82, 2.24) is 20.2 Å². The van der Waals surface area contributed by atoms with Gasteiger partial charge in [0.05, 0.1) is 6.61 Å². The topological polar surface area (TPSA) is 83.0 Å². The van der Waals surface area contributed by atoms with Crippen LogP contribution in [-0.2, 0) is 16.1 Å². The van der Waals surface area contributed by atoms with E-state index in [4.69, 9.17) is 9.15 Å². The first-order chi connectivity index (χ1) is 8.19. The molecule has 0 aliphatic rings. The average molecular weight is 301 g/mol. The van der Waals surface area contributed by atoms with Crippen LogP contribution < -0.4 is 0 Å². The Bertz CT molecular complexity index is 522. The third kappa shape index (κ3) is 2.90. The molecule has 17 heavy (non-hydrogen) atoms. The molecule has 0 aromatic carbocycles. The molecule has 0 bridgehead atoms. The molecule has 2 heterocycles. The lowest BCUT2D eigenvalue weighted by Gasteiger charge is -1.98. The SMILES string of the molecule is CCOC(=O)Cn1nnc(-c2ccc(Br)o2)n1. The van der Waals surface area contributed by atoms with Crippen LogP contribution in [0.3, 0.4) is 0 Å². The molecule has 0 aliphatic carbocycles. The van der Waals surface area contributed by atoms with Crippen LogP contribution >= 0.6 is 15.9 Å². The Hall–Kier alpha value is -1.70. The number of esters is 1. The summed E-state index contributed by atoms with van der Waals surface area (Å²) in [5.41, 5.74) is 0. The molecular formula is C9H9BrN4O3. The van der Waals surface area contributed by atoms with Crippen molar-refractivity contribution >= 4 is 21.9 Å². The minimum absolute atomic E-state index is 0.0667. The molecule has 0 amide bonds. The van der Waals surface area contributed by atoms with Crippen molar-refractivity contribution in [2.75, 3.05) is 6.61 Å². The van der Waals surface area contributed by atoms with Crippen molar-refractivity contribution < 1.29 is 13.9 Å². The van der Waals surface area contributed by atoms with Crippen LogP contribution in [0.25, 0.3) is 11.6 Å². The molecule has 0 radical (unpaired) electrons. The van der Waals surface area contributed by atoms with E-state index in [1.165, 1.54) is 0 Å². The Morgan fingerprint density at radius 2 is 2.41 bits per heavy atom. The monoisotopic (exact) mass is 300 g/mol. The van der Waals surface area contributed by atoms with Crippen LogP contribution in [-0.4, -0.2) is 32.8 Å². The van der Waals surface area contributed by atoms with Crippen molar-refractivity contribution in [3.63, 3.8) is 0 Å². The van der Waals surface area contributed by atoms with E-state index in [0.717, 1.165) is 4.80 Å². The van der Waals surface area contributed by atoms with Gasteiger partial charge in [-0.3, -0.25) is 0 Å². The molecule has 2 aromatic heterocycles. The van der Waals surface area contributed by atoms with Crippen LogP contribution in [0.4, 0.5) is 0 Å². The zero-order chi connectivity index (χ0) is 12.3. The molecule has 0 aliphatic heterocycles. The fraction of sp³-hybridized carbons (Fsp3) is 0.333. The summed E-state index contributed by atoms with van der Waals surface area (Å²) >= 11 is 3.17. The molecule has 7 nitrogen and oxygen atoms in total. The van der Waals surface area contributed by atoms with Gasteiger partial charge in [0.2, 0.25) is 5.82 Å². The molecule has 0 fully saturated rings. The van der Waals surface area contributed by atoms with E-state index in [1.807, 2.05) is 0 Å². The Kier molecular flexibility index (Phi) is 3.52. The summed E-state index contributed by atoms with van der Waals surface area (Å²) < 4.78 is 10.6. The fourth-order valence-corrected chi connectivity index (χ4v) is 1.47. The zero-order valence-corrected chi connectivity index (χ0v) is 10.5. The number of carbonyl (C=O) groups excluding carboxylic acids is 1. The van der Waals surface area contributed by atoms with Crippen molar-refractivity contribution in [2.24, 2.45) is 0 Å². The summed E-state index contributed by atoms with van der Waals surface area (Å²) in [6, 6.07) is 3.43. The van der Waals surface area contributed by atoms with Gasteiger partial charge in [-0.15, -0.1) is 10.2 Å². The lowest BCUT2D eigenvalue weighted by molar-refractivity contribution is -0.144. The lowest BCUT2D eigenvalue weighted by Crippen LogP contribution is -2.15. The number of ether oxygens (including phenoxy) is 1. The van der Waals surface area contributed by atoms with Crippen LogP contribution in [0.2, 0.25) is 0 Å². The van der Waals surface area contributed by atoms with Crippen molar-refractivity contribution in [1.29, 1.82) is 0 Å². The third-order valence-electron chi connectivity index (χ3n) is 1.82. The predicted octanol–water partition coefficient (Wildman–Crippen LogP) is 1.26. The largest absolute Gasteiger partial charge is 0.465 e. The second kappa shape index (κ2) is 5.09. The van der Waals surface area contributed by atoms with E-state index >= 15 is 0 Å². The van der Waals surface area contributed by atoms with Crippen molar-refractivity contribution in [3.8, 4) is 11.6 Å². The molecule has 0 saturated heterocycles. The highest BCUT2D eigenvalue weighted by Crippen LogP contribution is 2.21. The van der Waals surface area contributed by atoms with E-state index < -0.39 is 5.97 Å². The fourth-order valence-electron chi connectivity index (χ4n) is 1.17. The smallest absolute Gasteiger partial charge is 0.329 e. The van der Waals surface area contributed by atoms with Gasteiger partial charge in [-0.2, -0.15) is 4.80 Å². The third-order valence-corrected chi connectivity index (χ3v) is 2.25. The summed E-state index contributed by atoms with van der Waals surface area (Å²) in [6.45, 7) is 1.99. The minimum atomic E-state index is -0.405. The highest BCUT2D eigenvalue weighted by atomic mass is 79.9. The summed E-state index contributed by atoms with van der Waals surface area (Å²) in [7, 11) is 0. The lowest BCUT2D eigenvalue weighted by atomic mass is 10.4. The molecule has 8 heteroatoms. The average Bonchev–Trinajstić information content (AvgIpc) is 2.87. The van der Waals surface area contributed by atoms with Gasteiger partial charge in [-0.25, -0.2) is 4.79 Å². The van der Waals surface area contributed by atoms with E-state index in [1.54, 1.807) is 19.1 Å². The van der Waals surface area contributed by atoms with Gasteiger partial charge >= 0.3 is 5.97 Å². The Labute approximate surface area is 105 Å². The number of aromatic nitrogens is 4. The zero-order valence-electron chi connectivity index (χ0n) is 8.96. The molecule has 2 rings (SSSR count). The number of hydrogen-bond acceptors (Lipinski definition) is 6. The quantitative estimate of drug-likeness (QED) is 0.791. The van der Waals surface area contributed by atoms with Crippen LogP contribution in [0.5, 0.6) is 0 Å². The maximum absolute atomic E-state index is 11.2. The highest BCUT2D eigenvalue weighted by Gasteiger charge is 2.12. The van der Waals surface area contributed by atoms with E-state index in [-0.39, 0.29) is 6.54 Å². The molecule has 0 saturated carbocycles. The van der Waals surface area contributed by atoms with Crippen molar-refractivity contribution in [2.45, 2.75) is 13.5 Å². The first-order valence-corrected chi connectivity index (χ1v) is 5.67. The number of rotatable bonds is 4. The molecule has 2 aromatic rings. The van der Waals surface area contributed by atoms with Gasteiger partial charge in [-0.05, 0) is 40.2 Å².